The number of hydrogen-bond acceptors (Lipinski definition) is 6. The lowest BCUT2D eigenvalue weighted by Crippen LogP contribution is -2.38. The Morgan fingerprint density at radius 3 is 2.34 bits per heavy atom. The number of ketones is 1. The summed E-state index contributed by atoms with van der Waals surface area (Å²) in [6.45, 7) is 9.90. The zero-order valence-electron chi connectivity index (χ0n) is 22.7. The van der Waals surface area contributed by atoms with E-state index in [1.165, 1.54) is 6.07 Å². The number of hydrogen-bond donors (Lipinski definition) is 3. The van der Waals surface area contributed by atoms with Crippen LogP contribution in [0.5, 0.6) is 11.5 Å². The summed E-state index contributed by atoms with van der Waals surface area (Å²) in [6.07, 6.45) is 1.37. The van der Waals surface area contributed by atoms with Crippen LogP contribution in [-0.4, -0.2) is 60.4 Å². The molecule has 38 heavy (non-hydrogen) atoms. The van der Waals surface area contributed by atoms with Crippen LogP contribution in [0, 0.1) is 11.2 Å². The molecule has 0 unspecified atom stereocenters. The Hall–Kier alpha value is -3.46. The highest BCUT2D eigenvalue weighted by atomic mass is 19.1. The zero-order chi connectivity index (χ0) is 27.8. The second kappa shape index (κ2) is 10.4. The number of nitrogens with zero attached hydrogens (tertiary/aromatic N) is 1. The van der Waals surface area contributed by atoms with E-state index in [1.807, 2.05) is 27.7 Å². The van der Waals surface area contributed by atoms with Crippen molar-refractivity contribution in [2.45, 2.75) is 58.4 Å². The van der Waals surface area contributed by atoms with Gasteiger partial charge < -0.3 is 24.8 Å². The van der Waals surface area contributed by atoms with Gasteiger partial charge in [-0.1, -0.05) is 20.8 Å². The zero-order valence-corrected chi connectivity index (χ0v) is 22.7. The molecule has 1 aliphatic heterocycles. The fourth-order valence-corrected chi connectivity index (χ4v) is 4.99. The molecule has 0 radical (unpaired) electrons. The predicted octanol–water partition coefficient (Wildman–Crippen LogP) is 4.16. The van der Waals surface area contributed by atoms with Crippen LogP contribution in [0.25, 0.3) is 0 Å². The third-order valence-corrected chi connectivity index (χ3v) is 7.11. The number of rotatable bonds is 10. The van der Waals surface area contributed by atoms with Crippen LogP contribution in [0.3, 0.4) is 0 Å². The number of carbonyl (C=O) groups excluding carboxylic acids is 2. The maximum absolute atomic E-state index is 15.7. The Morgan fingerprint density at radius 1 is 1.11 bits per heavy atom. The number of ether oxygens (including phenoxy) is 2. The normalized spacial score (nSPS) is 15.4. The van der Waals surface area contributed by atoms with Gasteiger partial charge in [0, 0.05) is 17.7 Å². The smallest absolute Gasteiger partial charge is 0.251 e. The number of halogens is 1. The van der Waals surface area contributed by atoms with Crippen molar-refractivity contribution >= 4 is 17.5 Å². The molecule has 0 atom stereocenters. The maximum atomic E-state index is 15.7. The largest absolute Gasteiger partial charge is 0.490 e. The van der Waals surface area contributed by atoms with Gasteiger partial charge in [0.1, 0.15) is 5.84 Å². The van der Waals surface area contributed by atoms with Gasteiger partial charge in [-0.05, 0) is 67.5 Å². The Kier molecular flexibility index (Phi) is 7.52. The van der Waals surface area contributed by atoms with Crippen molar-refractivity contribution in [3.05, 3.63) is 57.9 Å². The van der Waals surface area contributed by atoms with E-state index in [1.54, 1.807) is 30.0 Å². The fourth-order valence-electron chi connectivity index (χ4n) is 4.99. The molecule has 1 aliphatic carbocycles. The molecule has 3 N–H and O–H groups in total. The number of carbonyl (C=O) groups is 2. The number of fused-ring (bicyclic) bond motifs is 2. The number of amidine groups is 1. The summed E-state index contributed by atoms with van der Waals surface area (Å²) in [7, 11) is 0. The minimum atomic E-state index is -0.642. The van der Waals surface area contributed by atoms with Crippen LogP contribution in [0.1, 0.15) is 84.9 Å². The molecule has 1 amide bonds. The van der Waals surface area contributed by atoms with Crippen LogP contribution in [0.2, 0.25) is 0 Å². The van der Waals surface area contributed by atoms with Gasteiger partial charge >= 0.3 is 0 Å². The molecular weight excluding hydrogens is 489 g/mol. The van der Waals surface area contributed by atoms with Crippen molar-refractivity contribution in [3.8, 4) is 11.5 Å². The lowest BCUT2D eigenvalue weighted by molar-refractivity contribution is 0.0943. The molecule has 0 saturated heterocycles. The van der Waals surface area contributed by atoms with Gasteiger partial charge in [-0.15, -0.1) is 0 Å². The SMILES string of the molecule is CCOc1cc2c(c(F)c1OCC)C(=N)N(CC(=O)c1cc(C(=O)NCCO)cc(C(C)(C)C)c1)C21CC1. The lowest BCUT2D eigenvalue weighted by atomic mass is 9.84. The third-order valence-electron chi connectivity index (χ3n) is 7.11. The van der Waals surface area contributed by atoms with Crippen LogP contribution >= 0.6 is 0 Å². The van der Waals surface area contributed by atoms with Crippen LogP contribution in [0.15, 0.2) is 24.3 Å². The van der Waals surface area contributed by atoms with Crippen LogP contribution in [-0.2, 0) is 11.0 Å². The summed E-state index contributed by atoms with van der Waals surface area (Å²) < 4.78 is 26.9. The van der Waals surface area contributed by atoms with Crippen molar-refractivity contribution in [2.24, 2.45) is 0 Å². The summed E-state index contributed by atoms with van der Waals surface area (Å²) in [4.78, 5) is 28.0. The van der Waals surface area contributed by atoms with Gasteiger partial charge in [0.05, 0.1) is 37.5 Å². The monoisotopic (exact) mass is 525 g/mol. The number of Topliss-reactive ketones (excluding diaryl/α,β-unsaturated/α-hetero) is 1. The minimum absolute atomic E-state index is 0.0155. The van der Waals surface area contributed by atoms with E-state index >= 15 is 4.39 Å². The van der Waals surface area contributed by atoms with Gasteiger partial charge in [-0.3, -0.25) is 15.0 Å². The number of benzene rings is 2. The molecule has 4 rings (SSSR count). The van der Waals surface area contributed by atoms with E-state index in [9.17, 15) is 9.59 Å². The van der Waals surface area contributed by atoms with E-state index in [-0.39, 0.29) is 60.6 Å². The highest BCUT2D eigenvalue weighted by Crippen LogP contribution is 2.58. The Labute approximate surface area is 222 Å². The first-order valence-corrected chi connectivity index (χ1v) is 13.1. The molecule has 2 aromatic carbocycles. The van der Waals surface area contributed by atoms with Gasteiger partial charge in [0.2, 0.25) is 0 Å². The Balaban J connectivity index is 1.70. The number of nitrogens with one attached hydrogen (secondary N) is 2. The van der Waals surface area contributed by atoms with Crippen LogP contribution in [0.4, 0.5) is 4.39 Å². The van der Waals surface area contributed by atoms with E-state index < -0.39 is 11.4 Å². The summed E-state index contributed by atoms with van der Waals surface area (Å²) in [5.74, 6) is -1.07. The quantitative estimate of drug-likeness (QED) is 0.402. The van der Waals surface area contributed by atoms with E-state index in [4.69, 9.17) is 20.0 Å². The Morgan fingerprint density at radius 2 is 1.76 bits per heavy atom. The molecule has 1 fully saturated rings. The molecule has 0 aromatic heterocycles. The molecule has 1 heterocycles. The van der Waals surface area contributed by atoms with E-state index in [0.29, 0.717) is 41.9 Å². The third kappa shape index (κ3) is 4.87. The highest BCUT2D eigenvalue weighted by molar-refractivity contribution is 6.08. The van der Waals surface area contributed by atoms with E-state index in [2.05, 4.69) is 5.32 Å². The molecule has 2 aromatic rings. The first kappa shape index (κ1) is 27.6. The van der Waals surface area contributed by atoms with Crippen molar-refractivity contribution in [1.82, 2.24) is 10.2 Å². The van der Waals surface area contributed by atoms with Crippen molar-refractivity contribution in [1.29, 1.82) is 5.41 Å². The highest BCUT2D eigenvalue weighted by Gasteiger charge is 2.58. The van der Waals surface area contributed by atoms with Crippen molar-refractivity contribution < 1.29 is 28.6 Å². The molecular formula is C29H36FN3O5. The molecule has 9 heteroatoms. The molecule has 1 spiro atoms. The van der Waals surface area contributed by atoms with Gasteiger partial charge in [0.25, 0.3) is 5.91 Å². The average molecular weight is 526 g/mol. The first-order chi connectivity index (χ1) is 18.0. The number of aliphatic hydroxyl groups is 1. The topological polar surface area (TPSA) is 112 Å². The van der Waals surface area contributed by atoms with Gasteiger partial charge in [0.15, 0.2) is 23.1 Å². The Bertz CT molecular complexity index is 1280. The maximum Gasteiger partial charge on any atom is 0.251 e. The van der Waals surface area contributed by atoms with Crippen molar-refractivity contribution in [2.75, 3.05) is 32.9 Å². The van der Waals surface area contributed by atoms with E-state index in [0.717, 1.165) is 5.56 Å². The molecule has 8 nitrogen and oxygen atoms in total. The molecule has 2 aliphatic rings. The summed E-state index contributed by atoms with van der Waals surface area (Å²) in [6, 6.07) is 6.82. The predicted molar refractivity (Wildman–Crippen MR) is 142 cm³/mol. The molecule has 0 bridgehead atoms. The number of aliphatic hydroxyl groups excluding tert-OH is 1. The van der Waals surface area contributed by atoms with Crippen molar-refractivity contribution in [3.63, 3.8) is 0 Å². The second-order valence-electron chi connectivity index (χ2n) is 10.7. The second-order valence-corrected chi connectivity index (χ2v) is 10.7. The summed E-state index contributed by atoms with van der Waals surface area (Å²) >= 11 is 0. The van der Waals surface area contributed by atoms with Gasteiger partial charge in [-0.25, -0.2) is 4.39 Å². The molecule has 204 valence electrons. The lowest BCUT2D eigenvalue weighted by Gasteiger charge is -2.27. The fraction of sp³-hybridized carbons (Fsp3) is 0.483. The first-order valence-electron chi connectivity index (χ1n) is 13.1. The minimum Gasteiger partial charge on any atom is -0.490 e. The number of amides is 1. The molecule has 1 saturated carbocycles. The standard InChI is InChI=1S/C29H36FN3O5/c1-6-37-22-15-20-23(24(30)25(22)38-7-2)26(31)33(29(20)8-9-29)16-21(35)17-12-18(27(36)32-10-11-34)14-19(13-17)28(3,4)5/h12-15,31,34H,6-11,16H2,1-5H3,(H,32,36). The average Bonchev–Trinajstić information content (AvgIpc) is 3.64. The van der Waals surface area contributed by atoms with Gasteiger partial charge in [-0.2, -0.15) is 0 Å². The van der Waals surface area contributed by atoms with Crippen LogP contribution < -0.4 is 14.8 Å². The summed E-state index contributed by atoms with van der Waals surface area (Å²) in [5.41, 5.74) is 1.31. The summed E-state index contributed by atoms with van der Waals surface area (Å²) in [5, 5.41) is 20.6.